The monoisotopic (exact) mass is 305 g/mol. The molecule has 1 saturated heterocycles. The van der Waals surface area contributed by atoms with Crippen molar-refractivity contribution in [2.75, 3.05) is 19.6 Å². The fourth-order valence-corrected chi connectivity index (χ4v) is 4.66. The van der Waals surface area contributed by atoms with Crippen LogP contribution in [0.2, 0.25) is 0 Å². The first kappa shape index (κ1) is 16.1. The summed E-state index contributed by atoms with van der Waals surface area (Å²) in [6.45, 7) is 10.5. The van der Waals surface area contributed by atoms with Gasteiger partial charge in [-0.25, -0.2) is 0 Å². The molecule has 1 saturated carbocycles. The van der Waals surface area contributed by atoms with Crippen molar-refractivity contribution in [3.8, 4) is 0 Å². The number of hydrogen-bond donors (Lipinski definition) is 0. The molecule has 3 heteroatoms. The zero-order valence-corrected chi connectivity index (χ0v) is 14.9. The molecule has 2 atom stereocenters. The maximum Gasteiger partial charge on any atom is 0.197 e. The van der Waals surface area contributed by atoms with Crippen LogP contribution in [0.3, 0.4) is 0 Å². The lowest BCUT2D eigenvalue weighted by atomic mass is 9.86. The topological polar surface area (TPSA) is 18.8 Å². The van der Waals surface area contributed by atoms with Gasteiger partial charge < -0.3 is 9.80 Å². The number of rotatable bonds is 6. The Morgan fingerprint density at radius 3 is 2.68 bits per heavy atom. The first-order chi connectivity index (χ1) is 10.6. The summed E-state index contributed by atoms with van der Waals surface area (Å²) in [7, 11) is 0. The lowest BCUT2D eigenvalue weighted by molar-refractivity contribution is 0.265. The maximum absolute atomic E-state index is 4.85. The van der Waals surface area contributed by atoms with Crippen molar-refractivity contribution in [2.24, 2.45) is 16.8 Å². The molecule has 2 heterocycles. The van der Waals surface area contributed by atoms with Crippen molar-refractivity contribution >= 4 is 5.96 Å². The average molecular weight is 306 g/mol. The second kappa shape index (κ2) is 7.23. The van der Waals surface area contributed by atoms with Gasteiger partial charge in [0.15, 0.2) is 5.96 Å². The predicted molar refractivity (Wildman–Crippen MR) is 94.2 cm³/mol. The van der Waals surface area contributed by atoms with Gasteiger partial charge in [0, 0.05) is 25.2 Å². The Kier molecular flexibility index (Phi) is 5.30. The van der Waals surface area contributed by atoms with Gasteiger partial charge in [0.1, 0.15) is 0 Å². The second-order valence-electron chi connectivity index (χ2n) is 8.27. The maximum atomic E-state index is 4.85. The summed E-state index contributed by atoms with van der Waals surface area (Å²) in [5.74, 6) is 3.11. The molecule has 0 spiro atoms. The van der Waals surface area contributed by atoms with Crippen LogP contribution in [0, 0.1) is 11.8 Å². The van der Waals surface area contributed by atoms with Crippen molar-refractivity contribution in [1.29, 1.82) is 0 Å². The van der Waals surface area contributed by atoms with Gasteiger partial charge in [-0.3, -0.25) is 4.99 Å². The summed E-state index contributed by atoms with van der Waals surface area (Å²) in [4.78, 5) is 10.1. The molecule has 0 aromatic rings. The van der Waals surface area contributed by atoms with E-state index in [4.69, 9.17) is 4.99 Å². The van der Waals surface area contributed by atoms with E-state index in [-0.39, 0.29) is 0 Å². The van der Waals surface area contributed by atoms with Crippen LogP contribution in [0.25, 0.3) is 0 Å². The molecular formula is C19H35N3. The highest BCUT2D eigenvalue weighted by Crippen LogP contribution is 2.30. The molecule has 0 bridgehead atoms. The summed E-state index contributed by atoms with van der Waals surface area (Å²) in [5.41, 5.74) is 0. The summed E-state index contributed by atoms with van der Waals surface area (Å²) in [6, 6.07) is 1.32. The molecular weight excluding hydrogens is 270 g/mol. The van der Waals surface area contributed by atoms with E-state index in [1.54, 1.807) is 0 Å². The summed E-state index contributed by atoms with van der Waals surface area (Å²) in [5, 5.41) is 0. The smallest absolute Gasteiger partial charge is 0.197 e. The third-order valence-electron chi connectivity index (χ3n) is 5.87. The lowest BCUT2D eigenvalue weighted by Gasteiger charge is -2.28. The zero-order valence-electron chi connectivity index (χ0n) is 14.9. The van der Waals surface area contributed by atoms with Gasteiger partial charge in [-0.05, 0) is 38.0 Å². The highest BCUT2D eigenvalue weighted by molar-refractivity contribution is 5.84. The fourth-order valence-electron chi connectivity index (χ4n) is 4.66. The third kappa shape index (κ3) is 3.60. The molecule has 0 radical (unpaired) electrons. The van der Waals surface area contributed by atoms with Gasteiger partial charge in [0.25, 0.3) is 0 Å². The number of fused-ring (bicyclic) bond motifs is 1. The van der Waals surface area contributed by atoms with Gasteiger partial charge in [-0.2, -0.15) is 0 Å². The van der Waals surface area contributed by atoms with E-state index in [0.717, 1.165) is 18.4 Å². The van der Waals surface area contributed by atoms with Gasteiger partial charge in [0.05, 0.1) is 6.54 Å². The molecule has 3 rings (SSSR count). The normalized spacial score (nSPS) is 29.4. The van der Waals surface area contributed by atoms with Gasteiger partial charge in [-0.15, -0.1) is 0 Å². The molecule has 2 aliphatic heterocycles. The summed E-state index contributed by atoms with van der Waals surface area (Å²) < 4.78 is 0. The number of hydrogen-bond acceptors (Lipinski definition) is 3. The SMILES string of the molecule is CC(C)C[C@H]1CN2C(=NC[C@@H]2C)N1CCCC1CCCCC1. The fraction of sp³-hybridized carbons (Fsp3) is 0.947. The van der Waals surface area contributed by atoms with Crippen LogP contribution in [-0.2, 0) is 0 Å². The Morgan fingerprint density at radius 1 is 1.18 bits per heavy atom. The molecule has 1 aliphatic carbocycles. The molecule has 3 nitrogen and oxygen atoms in total. The van der Waals surface area contributed by atoms with E-state index in [9.17, 15) is 0 Å². The highest BCUT2D eigenvalue weighted by atomic mass is 15.5. The molecule has 22 heavy (non-hydrogen) atoms. The molecule has 3 aliphatic rings. The number of nitrogens with zero attached hydrogens (tertiary/aromatic N) is 3. The van der Waals surface area contributed by atoms with Crippen LogP contribution in [0.15, 0.2) is 4.99 Å². The Hall–Kier alpha value is -0.730. The van der Waals surface area contributed by atoms with Gasteiger partial charge in [-0.1, -0.05) is 46.0 Å². The van der Waals surface area contributed by atoms with E-state index in [1.807, 2.05) is 0 Å². The van der Waals surface area contributed by atoms with Crippen LogP contribution in [0.5, 0.6) is 0 Å². The second-order valence-corrected chi connectivity index (χ2v) is 8.27. The van der Waals surface area contributed by atoms with Crippen LogP contribution in [0.1, 0.15) is 72.1 Å². The van der Waals surface area contributed by atoms with Crippen molar-refractivity contribution in [2.45, 2.75) is 84.2 Å². The minimum Gasteiger partial charge on any atom is -0.338 e. The molecule has 2 fully saturated rings. The number of aliphatic imine (C=N–C) groups is 1. The van der Waals surface area contributed by atoms with E-state index < -0.39 is 0 Å². The van der Waals surface area contributed by atoms with E-state index in [0.29, 0.717) is 12.1 Å². The van der Waals surface area contributed by atoms with Crippen LogP contribution >= 0.6 is 0 Å². The predicted octanol–water partition coefficient (Wildman–Crippen LogP) is 4.14. The first-order valence-corrected chi connectivity index (χ1v) is 9.73. The van der Waals surface area contributed by atoms with Crippen molar-refractivity contribution < 1.29 is 0 Å². The van der Waals surface area contributed by atoms with E-state index in [1.165, 1.54) is 70.4 Å². The molecule has 126 valence electrons. The highest BCUT2D eigenvalue weighted by Gasteiger charge is 2.40. The summed E-state index contributed by atoms with van der Waals surface area (Å²) in [6.07, 6.45) is 11.5. The van der Waals surface area contributed by atoms with Crippen LogP contribution < -0.4 is 0 Å². The average Bonchev–Trinajstić information content (AvgIpc) is 3.01. The molecule has 0 aromatic carbocycles. The standard InChI is InChI=1S/C19H35N3/c1-15(2)12-18-14-22-16(3)13-20-19(22)21(18)11-7-10-17-8-5-4-6-9-17/h15-18H,4-14H2,1-3H3/t16-,18-/m0/s1. The Labute approximate surface area is 137 Å². The first-order valence-electron chi connectivity index (χ1n) is 9.73. The minimum atomic E-state index is 0.619. The Morgan fingerprint density at radius 2 is 1.95 bits per heavy atom. The largest absolute Gasteiger partial charge is 0.338 e. The lowest BCUT2D eigenvalue weighted by Crippen LogP contribution is -2.37. The third-order valence-corrected chi connectivity index (χ3v) is 5.87. The zero-order chi connectivity index (χ0) is 15.5. The van der Waals surface area contributed by atoms with Gasteiger partial charge in [0.2, 0.25) is 0 Å². The van der Waals surface area contributed by atoms with Crippen LogP contribution in [-0.4, -0.2) is 47.5 Å². The van der Waals surface area contributed by atoms with Crippen molar-refractivity contribution in [3.05, 3.63) is 0 Å². The van der Waals surface area contributed by atoms with E-state index >= 15 is 0 Å². The molecule has 0 N–H and O–H groups in total. The van der Waals surface area contributed by atoms with Crippen molar-refractivity contribution in [1.82, 2.24) is 9.80 Å². The Balaban J connectivity index is 1.54. The quantitative estimate of drug-likeness (QED) is 0.734. The molecule has 0 unspecified atom stereocenters. The Bertz CT molecular complexity index is 384. The van der Waals surface area contributed by atoms with Gasteiger partial charge >= 0.3 is 0 Å². The van der Waals surface area contributed by atoms with Crippen molar-refractivity contribution in [3.63, 3.8) is 0 Å². The molecule has 0 aromatic heterocycles. The number of guanidine groups is 1. The van der Waals surface area contributed by atoms with Crippen LogP contribution in [0.4, 0.5) is 0 Å². The minimum absolute atomic E-state index is 0.619. The van der Waals surface area contributed by atoms with E-state index in [2.05, 4.69) is 30.6 Å². The summed E-state index contributed by atoms with van der Waals surface area (Å²) >= 11 is 0. The molecule has 0 amide bonds.